The maximum atomic E-state index is 13.3. The van der Waals surface area contributed by atoms with Gasteiger partial charge in [-0.2, -0.15) is 0 Å². The number of hydrogen-bond acceptors (Lipinski definition) is 6. The first kappa shape index (κ1) is 26.9. The zero-order chi connectivity index (χ0) is 26.7. The minimum atomic E-state index is -1.11. The monoisotopic (exact) mass is 524 g/mol. The van der Waals surface area contributed by atoms with Crippen molar-refractivity contribution in [1.82, 2.24) is 14.8 Å². The van der Waals surface area contributed by atoms with Crippen LogP contribution in [-0.2, 0) is 10.3 Å². The third kappa shape index (κ3) is 5.71. The number of piperazine rings is 1. The van der Waals surface area contributed by atoms with E-state index in [2.05, 4.69) is 0 Å². The van der Waals surface area contributed by atoms with E-state index in [1.807, 2.05) is 44.2 Å². The number of hydrogen-bond donors (Lipinski definition) is 2. The van der Waals surface area contributed by atoms with Gasteiger partial charge in [-0.25, -0.2) is 9.78 Å². The highest BCUT2D eigenvalue weighted by Crippen LogP contribution is 2.30. The van der Waals surface area contributed by atoms with Crippen molar-refractivity contribution in [2.24, 2.45) is 5.73 Å². The zero-order valence-corrected chi connectivity index (χ0v) is 22.2. The maximum absolute atomic E-state index is 13.3. The van der Waals surface area contributed by atoms with Crippen LogP contribution in [0.15, 0.2) is 48.5 Å². The summed E-state index contributed by atoms with van der Waals surface area (Å²) in [5.74, 6) is -0.119. The van der Waals surface area contributed by atoms with Gasteiger partial charge >= 0.3 is 6.09 Å². The molecule has 9 heteroatoms. The Balaban J connectivity index is 1.55. The number of nitrogens with two attached hydrogens (primary N) is 1. The quantitative estimate of drug-likeness (QED) is 0.494. The third-order valence-corrected chi connectivity index (χ3v) is 7.10. The Morgan fingerprint density at radius 2 is 1.92 bits per heavy atom. The van der Waals surface area contributed by atoms with Crippen LogP contribution in [0.1, 0.15) is 43.1 Å². The van der Waals surface area contributed by atoms with E-state index in [0.29, 0.717) is 53.6 Å². The topological polar surface area (TPSA) is 109 Å². The summed E-state index contributed by atoms with van der Waals surface area (Å²) >= 11 is 6.58. The molecule has 0 spiro atoms. The smallest absolute Gasteiger partial charge is 0.410 e. The Kier molecular flexibility index (Phi) is 8.02. The van der Waals surface area contributed by atoms with Crippen LogP contribution in [0, 0.1) is 0 Å². The van der Waals surface area contributed by atoms with Gasteiger partial charge in [-0.05, 0) is 44.0 Å². The van der Waals surface area contributed by atoms with Gasteiger partial charge in [-0.3, -0.25) is 4.79 Å². The number of aliphatic hydroxyl groups is 1. The first-order valence-electron chi connectivity index (χ1n) is 12.5. The van der Waals surface area contributed by atoms with Crippen molar-refractivity contribution in [2.75, 3.05) is 32.8 Å². The van der Waals surface area contributed by atoms with Crippen LogP contribution in [0.3, 0.4) is 0 Å². The number of benzene rings is 2. The van der Waals surface area contributed by atoms with E-state index in [1.165, 1.54) is 0 Å². The molecular weight excluding hydrogens is 492 g/mol. The summed E-state index contributed by atoms with van der Waals surface area (Å²) in [6.45, 7) is 7.30. The number of pyridine rings is 1. The van der Waals surface area contributed by atoms with Gasteiger partial charge in [0.25, 0.3) is 5.91 Å². The fraction of sp³-hybridized carbons (Fsp3) is 0.393. The number of carbonyl (C=O) groups is 2. The van der Waals surface area contributed by atoms with Crippen molar-refractivity contribution in [2.45, 2.75) is 38.8 Å². The lowest BCUT2D eigenvalue weighted by molar-refractivity contribution is 0.0412. The number of halogens is 1. The SMILES string of the molecule is CCCOC(=O)N1CCN(C(=O)c2ccc3c(Cl)cc(-c4ccc(C(C)(O)CN)cc4)nc3c2)CC1C. The van der Waals surface area contributed by atoms with Crippen LogP contribution < -0.4 is 5.73 Å². The minimum absolute atomic E-state index is 0.111. The van der Waals surface area contributed by atoms with Crippen molar-refractivity contribution in [3.05, 3.63) is 64.7 Å². The predicted molar refractivity (Wildman–Crippen MR) is 145 cm³/mol. The van der Waals surface area contributed by atoms with Gasteiger partial charge in [-0.15, -0.1) is 0 Å². The molecule has 1 saturated heterocycles. The molecule has 1 aliphatic heterocycles. The van der Waals surface area contributed by atoms with E-state index in [0.717, 1.165) is 17.4 Å². The summed E-state index contributed by atoms with van der Waals surface area (Å²) in [7, 11) is 0. The van der Waals surface area contributed by atoms with Gasteiger partial charge < -0.3 is 25.4 Å². The molecule has 0 aliphatic carbocycles. The summed E-state index contributed by atoms with van der Waals surface area (Å²) in [5.41, 5.74) is 7.89. The predicted octanol–water partition coefficient (Wildman–Crippen LogP) is 4.41. The minimum Gasteiger partial charge on any atom is -0.449 e. The molecule has 1 fully saturated rings. The number of rotatable bonds is 6. The second-order valence-corrected chi connectivity index (χ2v) is 10.1. The highest BCUT2D eigenvalue weighted by atomic mass is 35.5. The molecule has 196 valence electrons. The lowest BCUT2D eigenvalue weighted by Crippen LogP contribution is -2.55. The summed E-state index contributed by atoms with van der Waals surface area (Å²) in [6, 6.07) is 14.3. The number of amides is 2. The molecule has 4 rings (SSSR count). The number of nitrogens with zero attached hydrogens (tertiary/aromatic N) is 3. The van der Waals surface area contributed by atoms with Gasteiger partial charge in [-0.1, -0.05) is 48.9 Å². The largest absolute Gasteiger partial charge is 0.449 e. The normalized spacial score (nSPS) is 17.5. The number of fused-ring (bicyclic) bond motifs is 1. The Labute approximate surface area is 222 Å². The molecular formula is C28H33ClN4O4. The fourth-order valence-corrected chi connectivity index (χ4v) is 4.72. The molecule has 0 saturated carbocycles. The van der Waals surface area contributed by atoms with Crippen molar-refractivity contribution in [3.63, 3.8) is 0 Å². The Morgan fingerprint density at radius 3 is 2.57 bits per heavy atom. The van der Waals surface area contributed by atoms with Crippen LogP contribution in [-0.4, -0.2) is 70.7 Å². The van der Waals surface area contributed by atoms with Gasteiger partial charge in [0.2, 0.25) is 0 Å². The molecule has 8 nitrogen and oxygen atoms in total. The molecule has 2 heterocycles. The van der Waals surface area contributed by atoms with E-state index in [9.17, 15) is 14.7 Å². The van der Waals surface area contributed by atoms with Crippen LogP contribution in [0.25, 0.3) is 22.2 Å². The van der Waals surface area contributed by atoms with Crippen LogP contribution in [0.4, 0.5) is 4.79 Å². The van der Waals surface area contributed by atoms with Gasteiger partial charge in [0, 0.05) is 48.7 Å². The standard InChI is InChI=1S/C28H33ClN4O4/c1-4-13-37-27(35)33-12-11-32(16-18(33)2)26(34)20-7-10-22-23(29)15-24(31-25(22)14-20)19-5-8-21(9-6-19)28(3,36)17-30/h5-10,14-15,18,36H,4,11-13,16-17,30H2,1-3H3. The van der Waals surface area contributed by atoms with Gasteiger partial charge in [0.15, 0.2) is 0 Å². The van der Waals surface area contributed by atoms with Gasteiger partial charge in [0.1, 0.15) is 0 Å². The third-order valence-electron chi connectivity index (χ3n) is 6.79. The Morgan fingerprint density at radius 1 is 1.19 bits per heavy atom. The van der Waals surface area contributed by atoms with Crippen molar-refractivity contribution < 1.29 is 19.4 Å². The lowest BCUT2D eigenvalue weighted by atomic mass is 9.94. The molecule has 37 heavy (non-hydrogen) atoms. The first-order valence-corrected chi connectivity index (χ1v) is 12.9. The van der Waals surface area contributed by atoms with Crippen molar-refractivity contribution in [3.8, 4) is 11.3 Å². The van der Waals surface area contributed by atoms with Crippen LogP contribution in [0.5, 0.6) is 0 Å². The highest BCUT2D eigenvalue weighted by molar-refractivity contribution is 6.35. The zero-order valence-electron chi connectivity index (χ0n) is 21.4. The molecule has 0 radical (unpaired) electrons. The molecule has 1 aliphatic rings. The molecule has 2 atom stereocenters. The molecule has 2 amide bonds. The molecule has 2 unspecified atom stereocenters. The maximum Gasteiger partial charge on any atom is 0.410 e. The molecule has 1 aromatic heterocycles. The first-order chi connectivity index (χ1) is 17.6. The van der Waals surface area contributed by atoms with E-state index >= 15 is 0 Å². The number of aromatic nitrogens is 1. The average molecular weight is 525 g/mol. The highest BCUT2D eigenvalue weighted by Gasteiger charge is 2.31. The molecule has 3 aromatic rings. The van der Waals surface area contributed by atoms with E-state index in [1.54, 1.807) is 34.9 Å². The van der Waals surface area contributed by atoms with Crippen LogP contribution >= 0.6 is 11.6 Å². The average Bonchev–Trinajstić information content (AvgIpc) is 2.90. The molecule has 3 N–H and O–H groups in total. The van der Waals surface area contributed by atoms with E-state index in [4.69, 9.17) is 27.1 Å². The second-order valence-electron chi connectivity index (χ2n) is 9.68. The molecule has 2 aromatic carbocycles. The van der Waals surface area contributed by atoms with Crippen molar-refractivity contribution >= 4 is 34.5 Å². The Bertz CT molecular complexity index is 1300. The van der Waals surface area contributed by atoms with Crippen molar-refractivity contribution in [1.29, 1.82) is 0 Å². The Hall–Kier alpha value is -3.20. The molecule has 0 bridgehead atoms. The summed E-state index contributed by atoms with van der Waals surface area (Å²) < 4.78 is 5.26. The summed E-state index contributed by atoms with van der Waals surface area (Å²) in [5, 5.41) is 11.7. The summed E-state index contributed by atoms with van der Waals surface area (Å²) in [6.07, 6.45) is 0.431. The van der Waals surface area contributed by atoms with E-state index < -0.39 is 5.60 Å². The second kappa shape index (κ2) is 11.0. The summed E-state index contributed by atoms with van der Waals surface area (Å²) in [4.78, 5) is 33.8. The van der Waals surface area contributed by atoms with E-state index in [-0.39, 0.29) is 24.6 Å². The fourth-order valence-electron chi connectivity index (χ4n) is 4.45. The van der Waals surface area contributed by atoms with Crippen LogP contribution in [0.2, 0.25) is 5.02 Å². The van der Waals surface area contributed by atoms with Gasteiger partial charge in [0.05, 0.1) is 28.4 Å². The number of carbonyl (C=O) groups excluding carboxylic acids is 2. The lowest BCUT2D eigenvalue weighted by Gasteiger charge is -2.39. The number of ether oxygens (including phenoxy) is 1.